The summed E-state index contributed by atoms with van der Waals surface area (Å²) in [6.07, 6.45) is -8.90. The SMILES string of the molecule is FC(F)(F)c1cc(C(F)(F)F)cc(C23CNCC2C3)c1. The van der Waals surface area contributed by atoms with Gasteiger partial charge in [-0.1, -0.05) is 0 Å². The first-order valence-electron chi connectivity index (χ1n) is 6.14. The summed E-state index contributed by atoms with van der Waals surface area (Å²) in [7, 11) is 0. The third kappa shape index (κ3) is 2.08. The molecule has 20 heavy (non-hydrogen) atoms. The van der Waals surface area contributed by atoms with Gasteiger partial charge in [-0.25, -0.2) is 0 Å². The number of hydrogen-bond acceptors (Lipinski definition) is 1. The lowest BCUT2D eigenvalue weighted by Crippen LogP contribution is -2.21. The van der Waals surface area contributed by atoms with Crippen molar-refractivity contribution in [2.24, 2.45) is 5.92 Å². The Labute approximate surface area is 111 Å². The van der Waals surface area contributed by atoms with Gasteiger partial charge in [-0.2, -0.15) is 26.3 Å². The van der Waals surface area contributed by atoms with Gasteiger partial charge in [0.05, 0.1) is 11.1 Å². The number of piperidine rings is 1. The Kier molecular flexibility index (Phi) is 2.68. The molecule has 1 aromatic carbocycles. The van der Waals surface area contributed by atoms with E-state index in [0.29, 0.717) is 19.5 Å². The molecule has 7 heteroatoms. The molecule has 2 fully saturated rings. The molecule has 2 unspecified atom stereocenters. The zero-order chi connectivity index (χ0) is 14.8. The van der Waals surface area contributed by atoms with Crippen molar-refractivity contribution in [1.82, 2.24) is 5.32 Å². The summed E-state index contributed by atoms with van der Waals surface area (Å²) >= 11 is 0. The fourth-order valence-electron chi connectivity index (χ4n) is 3.03. The molecule has 1 aliphatic carbocycles. The lowest BCUT2D eigenvalue weighted by Gasteiger charge is -2.18. The van der Waals surface area contributed by atoms with Gasteiger partial charge in [0.15, 0.2) is 0 Å². The molecule has 1 saturated carbocycles. The number of halogens is 6. The Morgan fingerprint density at radius 2 is 1.50 bits per heavy atom. The number of alkyl halides is 6. The third-order valence-electron chi connectivity index (χ3n) is 4.23. The van der Waals surface area contributed by atoms with E-state index in [1.165, 1.54) is 0 Å². The fourth-order valence-corrected chi connectivity index (χ4v) is 3.03. The molecule has 2 atom stereocenters. The van der Waals surface area contributed by atoms with E-state index in [1.54, 1.807) is 0 Å². The predicted molar refractivity (Wildman–Crippen MR) is 59.1 cm³/mol. The summed E-state index contributed by atoms with van der Waals surface area (Å²) < 4.78 is 76.7. The van der Waals surface area contributed by atoms with Crippen molar-refractivity contribution in [3.8, 4) is 0 Å². The van der Waals surface area contributed by atoms with Crippen LogP contribution in [-0.4, -0.2) is 13.1 Å². The topological polar surface area (TPSA) is 12.0 Å². The van der Waals surface area contributed by atoms with Gasteiger partial charge in [0.2, 0.25) is 0 Å². The molecule has 0 amide bonds. The lowest BCUT2D eigenvalue weighted by molar-refractivity contribution is -0.143. The molecule has 0 spiro atoms. The van der Waals surface area contributed by atoms with Crippen LogP contribution < -0.4 is 5.32 Å². The molecule has 1 aliphatic heterocycles. The van der Waals surface area contributed by atoms with Crippen LogP contribution in [0.1, 0.15) is 23.1 Å². The smallest absolute Gasteiger partial charge is 0.316 e. The summed E-state index contributed by atoms with van der Waals surface area (Å²) in [5.41, 5.74) is -2.85. The number of fused-ring (bicyclic) bond motifs is 1. The fraction of sp³-hybridized carbons (Fsp3) is 0.538. The second-order valence-corrected chi connectivity index (χ2v) is 5.48. The maximum Gasteiger partial charge on any atom is 0.416 e. The van der Waals surface area contributed by atoms with E-state index in [-0.39, 0.29) is 17.5 Å². The standard InChI is InChI=1S/C13H11F6N/c14-12(15,16)8-1-7(2-9(3-8)13(17,18)19)11-4-10(11)5-20-6-11/h1-3,10,20H,4-6H2. The first kappa shape index (κ1) is 13.7. The first-order chi connectivity index (χ1) is 9.13. The van der Waals surface area contributed by atoms with Crippen LogP contribution in [0.25, 0.3) is 0 Å². The highest BCUT2D eigenvalue weighted by atomic mass is 19.4. The van der Waals surface area contributed by atoms with E-state index in [0.717, 1.165) is 12.1 Å². The minimum atomic E-state index is -4.77. The van der Waals surface area contributed by atoms with E-state index < -0.39 is 28.9 Å². The van der Waals surface area contributed by atoms with Crippen LogP contribution in [-0.2, 0) is 17.8 Å². The van der Waals surface area contributed by atoms with E-state index in [9.17, 15) is 26.3 Å². The van der Waals surface area contributed by atoms with Gasteiger partial charge in [0, 0.05) is 12.0 Å². The van der Waals surface area contributed by atoms with Crippen molar-refractivity contribution in [2.75, 3.05) is 13.1 Å². The Hall–Kier alpha value is -1.24. The molecular weight excluding hydrogens is 284 g/mol. The van der Waals surface area contributed by atoms with Gasteiger partial charge in [0.25, 0.3) is 0 Å². The van der Waals surface area contributed by atoms with E-state index in [1.807, 2.05) is 0 Å². The van der Waals surface area contributed by atoms with Gasteiger partial charge < -0.3 is 5.32 Å². The van der Waals surface area contributed by atoms with E-state index in [2.05, 4.69) is 5.32 Å². The number of hydrogen-bond donors (Lipinski definition) is 1. The molecule has 0 aromatic heterocycles. The first-order valence-corrected chi connectivity index (χ1v) is 6.14. The Morgan fingerprint density at radius 3 is 1.85 bits per heavy atom. The second-order valence-electron chi connectivity index (χ2n) is 5.48. The van der Waals surface area contributed by atoms with Crippen molar-refractivity contribution < 1.29 is 26.3 Å². The van der Waals surface area contributed by atoms with E-state index >= 15 is 0 Å². The van der Waals surface area contributed by atoms with Crippen molar-refractivity contribution in [1.29, 1.82) is 0 Å². The highest BCUT2D eigenvalue weighted by Crippen LogP contribution is 2.57. The summed E-state index contributed by atoms with van der Waals surface area (Å²) in [6.45, 7) is 1.09. The highest BCUT2D eigenvalue weighted by molar-refractivity contribution is 5.43. The molecule has 0 bridgehead atoms. The average Bonchev–Trinajstić information content (AvgIpc) is 2.89. The molecule has 2 aliphatic rings. The normalized spacial score (nSPS) is 29.4. The summed E-state index contributed by atoms with van der Waals surface area (Å²) in [5.74, 6) is 0.145. The van der Waals surface area contributed by atoms with Crippen LogP contribution in [0, 0.1) is 5.92 Å². The minimum absolute atomic E-state index is 0.145. The maximum atomic E-state index is 12.8. The number of nitrogens with one attached hydrogen (secondary N) is 1. The number of benzene rings is 1. The summed E-state index contributed by atoms with van der Waals surface area (Å²) in [5, 5.41) is 3.01. The predicted octanol–water partition coefficient (Wildman–Crippen LogP) is 3.59. The average molecular weight is 295 g/mol. The monoisotopic (exact) mass is 295 g/mol. The molecule has 110 valence electrons. The Bertz CT molecular complexity index is 515. The van der Waals surface area contributed by atoms with Gasteiger partial charge in [0.1, 0.15) is 0 Å². The zero-order valence-electron chi connectivity index (χ0n) is 10.2. The quantitative estimate of drug-likeness (QED) is 0.781. The second kappa shape index (κ2) is 3.90. The molecule has 1 heterocycles. The van der Waals surface area contributed by atoms with Gasteiger partial charge in [-0.05, 0) is 42.6 Å². The van der Waals surface area contributed by atoms with Crippen LogP contribution in [0.3, 0.4) is 0 Å². The molecule has 1 nitrogen and oxygen atoms in total. The number of rotatable bonds is 1. The Morgan fingerprint density at radius 1 is 0.950 bits per heavy atom. The molecule has 1 aromatic rings. The molecule has 1 N–H and O–H groups in total. The van der Waals surface area contributed by atoms with Crippen LogP contribution >= 0.6 is 0 Å². The van der Waals surface area contributed by atoms with Crippen LogP contribution in [0.2, 0.25) is 0 Å². The van der Waals surface area contributed by atoms with Crippen LogP contribution in [0.5, 0.6) is 0 Å². The lowest BCUT2D eigenvalue weighted by atomic mass is 9.91. The van der Waals surface area contributed by atoms with E-state index in [4.69, 9.17) is 0 Å². The molecular formula is C13H11F6N. The Balaban J connectivity index is 2.11. The van der Waals surface area contributed by atoms with Crippen molar-refractivity contribution in [2.45, 2.75) is 24.2 Å². The molecule has 0 radical (unpaired) electrons. The van der Waals surface area contributed by atoms with Gasteiger partial charge >= 0.3 is 12.4 Å². The van der Waals surface area contributed by atoms with Crippen LogP contribution in [0.15, 0.2) is 18.2 Å². The zero-order valence-corrected chi connectivity index (χ0v) is 10.2. The van der Waals surface area contributed by atoms with Crippen molar-refractivity contribution in [3.05, 3.63) is 34.9 Å². The van der Waals surface area contributed by atoms with Crippen molar-refractivity contribution in [3.63, 3.8) is 0 Å². The van der Waals surface area contributed by atoms with Crippen LogP contribution in [0.4, 0.5) is 26.3 Å². The van der Waals surface area contributed by atoms with Crippen molar-refractivity contribution >= 4 is 0 Å². The minimum Gasteiger partial charge on any atom is -0.316 e. The maximum absolute atomic E-state index is 12.8. The summed E-state index contributed by atoms with van der Waals surface area (Å²) in [6, 6.07) is 1.91. The molecule has 3 rings (SSSR count). The van der Waals surface area contributed by atoms with Gasteiger partial charge in [-0.3, -0.25) is 0 Å². The summed E-state index contributed by atoms with van der Waals surface area (Å²) in [4.78, 5) is 0. The largest absolute Gasteiger partial charge is 0.416 e. The highest BCUT2D eigenvalue weighted by Gasteiger charge is 2.58. The molecule has 1 saturated heterocycles. The van der Waals surface area contributed by atoms with Gasteiger partial charge in [-0.15, -0.1) is 0 Å². The third-order valence-corrected chi connectivity index (χ3v) is 4.23.